The van der Waals surface area contributed by atoms with Gasteiger partial charge in [0.15, 0.2) is 11.5 Å². The van der Waals surface area contributed by atoms with Gasteiger partial charge < -0.3 is 15.2 Å². The van der Waals surface area contributed by atoms with Crippen molar-refractivity contribution in [3.8, 4) is 11.5 Å². The lowest BCUT2D eigenvalue weighted by Crippen LogP contribution is -2.34. The number of phenolic OH excluding ortho intramolecular Hbond substituents is 1. The minimum atomic E-state index is -0.494. The van der Waals surface area contributed by atoms with E-state index in [-0.39, 0.29) is 11.7 Å². The Morgan fingerprint density at radius 3 is 2.67 bits per heavy atom. The lowest BCUT2D eigenvalue weighted by Gasteiger charge is -2.15. The number of hydrazone groups is 1. The first-order chi connectivity index (χ1) is 13.1. The maximum Gasteiger partial charge on any atom is 0.262 e. The molecule has 3 aromatic rings. The predicted molar refractivity (Wildman–Crippen MR) is 107 cm³/mol. The van der Waals surface area contributed by atoms with Gasteiger partial charge in [-0.1, -0.05) is 42.5 Å². The van der Waals surface area contributed by atoms with E-state index in [4.69, 9.17) is 4.74 Å². The molecule has 3 rings (SSSR count). The third kappa shape index (κ3) is 4.17. The molecule has 6 heteroatoms. The molecule has 3 N–H and O–H groups in total. The van der Waals surface area contributed by atoms with Gasteiger partial charge in [-0.05, 0) is 30.5 Å². The van der Waals surface area contributed by atoms with E-state index in [1.807, 2.05) is 42.5 Å². The van der Waals surface area contributed by atoms with Crippen LogP contribution in [0.1, 0.15) is 12.5 Å². The topological polar surface area (TPSA) is 83.0 Å². The summed E-state index contributed by atoms with van der Waals surface area (Å²) in [5.74, 6) is 0.0257. The third-order valence-corrected chi connectivity index (χ3v) is 4.18. The van der Waals surface area contributed by atoms with Crippen LogP contribution in [0.4, 0.5) is 5.69 Å². The van der Waals surface area contributed by atoms with Gasteiger partial charge in [0.2, 0.25) is 0 Å². The van der Waals surface area contributed by atoms with E-state index in [2.05, 4.69) is 15.8 Å². The molecule has 0 spiro atoms. The smallest absolute Gasteiger partial charge is 0.262 e. The van der Waals surface area contributed by atoms with Gasteiger partial charge >= 0.3 is 0 Å². The number of fused-ring (bicyclic) bond motifs is 1. The number of rotatable bonds is 6. The van der Waals surface area contributed by atoms with Crippen LogP contribution in [0, 0.1) is 0 Å². The zero-order valence-electron chi connectivity index (χ0n) is 15.1. The fourth-order valence-corrected chi connectivity index (χ4v) is 2.72. The van der Waals surface area contributed by atoms with Gasteiger partial charge in [0, 0.05) is 16.6 Å². The standard InChI is InChI=1S/C21H21N3O3/c1-14(23-18-11-5-8-15-7-3-4-10-17(15)18)21(26)24-22-13-16-9-6-12-19(27-2)20(16)25/h3-14,23,25H,1-2H3,(H,24,26)/b22-13+/t14-/m0/s1. The molecule has 1 atom stereocenters. The minimum absolute atomic E-state index is 0.0278. The Balaban J connectivity index is 1.66. The van der Waals surface area contributed by atoms with Crippen molar-refractivity contribution in [2.45, 2.75) is 13.0 Å². The average Bonchev–Trinajstić information content (AvgIpc) is 2.69. The molecule has 27 heavy (non-hydrogen) atoms. The molecule has 0 aliphatic heterocycles. The second-order valence-electron chi connectivity index (χ2n) is 6.03. The average molecular weight is 363 g/mol. The second-order valence-corrected chi connectivity index (χ2v) is 6.03. The Bertz CT molecular complexity index is 980. The Morgan fingerprint density at radius 2 is 1.85 bits per heavy atom. The van der Waals surface area contributed by atoms with Crippen molar-refractivity contribution >= 4 is 28.6 Å². The Labute approximate surface area is 157 Å². The Kier molecular flexibility index (Phi) is 5.56. The lowest BCUT2D eigenvalue weighted by atomic mass is 10.1. The fourth-order valence-electron chi connectivity index (χ4n) is 2.72. The van der Waals surface area contributed by atoms with Crippen molar-refractivity contribution in [3.05, 3.63) is 66.2 Å². The van der Waals surface area contributed by atoms with E-state index in [1.54, 1.807) is 25.1 Å². The maximum atomic E-state index is 12.3. The summed E-state index contributed by atoms with van der Waals surface area (Å²) in [6.45, 7) is 1.76. The number of nitrogens with one attached hydrogen (secondary N) is 2. The van der Waals surface area contributed by atoms with Crippen LogP contribution in [0.15, 0.2) is 65.8 Å². The van der Waals surface area contributed by atoms with E-state index >= 15 is 0 Å². The van der Waals surface area contributed by atoms with Crippen LogP contribution >= 0.6 is 0 Å². The van der Waals surface area contributed by atoms with Crippen LogP contribution in [0.3, 0.4) is 0 Å². The molecule has 0 aromatic heterocycles. The molecule has 0 radical (unpaired) electrons. The number of nitrogens with zero attached hydrogens (tertiary/aromatic N) is 1. The number of aromatic hydroxyl groups is 1. The predicted octanol–water partition coefficient (Wildman–Crippen LogP) is 3.50. The highest BCUT2D eigenvalue weighted by Gasteiger charge is 2.13. The fraction of sp³-hybridized carbons (Fsp3) is 0.143. The Morgan fingerprint density at radius 1 is 1.11 bits per heavy atom. The summed E-state index contributed by atoms with van der Waals surface area (Å²) in [5.41, 5.74) is 3.81. The zero-order chi connectivity index (χ0) is 19.2. The molecule has 0 unspecified atom stereocenters. The molecule has 0 fully saturated rings. The van der Waals surface area contributed by atoms with E-state index in [1.165, 1.54) is 13.3 Å². The van der Waals surface area contributed by atoms with Crippen molar-refractivity contribution < 1.29 is 14.6 Å². The molecule has 138 valence electrons. The van der Waals surface area contributed by atoms with Crippen molar-refractivity contribution in [1.82, 2.24) is 5.43 Å². The summed E-state index contributed by atoms with van der Waals surface area (Å²) in [4.78, 5) is 12.3. The van der Waals surface area contributed by atoms with Crippen LogP contribution in [0.2, 0.25) is 0 Å². The maximum absolute atomic E-state index is 12.3. The highest BCUT2D eigenvalue weighted by Crippen LogP contribution is 2.28. The van der Waals surface area contributed by atoms with E-state index in [0.717, 1.165) is 16.5 Å². The van der Waals surface area contributed by atoms with Crippen molar-refractivity contribution in [3.63, 3.8) is 0 Å². The number of benzene rings is 3. The summed E-state index contributed by atoms with van der Waals surface area (Å²) in [6.07, 6.45) is 1.38. The SMILES string of the molecule is COc1cccc(/C=N/NC(=O)[C@H](C)Nc2cccc3ccccc23)c1O. The molecule has 0 saturated carbocycles. The molecule has 1 amide bonds. The summed E-state index contributed by atoms with van der Waals surface area (Å²) in [6, 6.07) is 18.4. The highest BCUT2D eigenvalue weighted by atomic mass is 16.5. The number of carbonyl (C=O) groups is 1. The molecule has 0 aliphatic carbocycles. The molecular weight excluding hydrogens is 342 g/mol. The van der Waals surface area contributed by atoms with Gasteiger partial charge in [0.05, 0.1) is 13.3 Å². The second kappa shape index (κ2) is 8.23. The lowest BCUT2D eigenvalue weighted by molar-refractivity contribution is -0.121. The largest absolute Gasteiger partial charge is 0.504 e. The van der Waals surface area contributed by atoms with Gasteiger partial charge in [-0.15, -0.1) is 0 Å². The number of anilines is 1. The first-order valence-electron chi connectivity index (χ1n) is 8.53. The number of carbonyl (C=O) groups excluding carboxylic acids is 1. The number of phenols is 1. The van der Waals surface area contributed by atoms with E-state index in [0.29, 0.717) is 11.3 Å². The molecule has 3 aromatic carbocycles. The highest BCUT2D eigenvalue weighted by molar-refractivity contribution is 5.96. The van der Waals surface area contributed by atoms with Crippen LogP contribution < -0.4 is 15.5 Å². The van der Waals surface area contributed by atoms with Crippen LogP contribution in [-0.2, 0) is 4.79 Å². The summed E-state index contributed by atoms with van der Waals surface area (Å²) in [7, 11) is 1.47. The van der Waals surface area contributed by atoms with Gasteiger partial charge in [-0.2, -0.15) is 5.10 Å². The van der Waals surface area contributed by atoms with E-state index < -0.39 is 6.04 Å². The molecule has 0 aliphatic rings. The Hall–Kier alpha value is -3.54. The normalized spacial score (nSPS) is 12.1. The number of methoxy groups -OCH3 is 1. The van der Waals surface area contributed by atoms with Crippen LogP contribution in [0.5, 0.6) is 11.5 Å². The molecule has 0 saturated heterocycles. The van der Waals surface area contributed by atoms with E-state index in [9.17, 15) is 9.90 Å². The summed E-state index contributed by atoms with van der Waals surface area (Å²) < 4.78 is 5.04. The molecule has 0 bridgehead atoms. The third-order valence-electron chi connectivity index (χ3n) is 4.18. The first-order valence-corrected chi connectivity index (χ1v) is 8.53. The van der Waals surface area contributed by atoms with Crippen LogP contribution in [0.25, 0.3) is 10.8 Å². The van der Waals surface area contributed by atoms with Crippen LogP contribution in [-0.4, -0.2) is 30.4 Å². The van der Waals surface area contributed by atoms with Crippen molar-refractivity contribution in [2.75, 3.05) is 12.4 Å². The number of para-hydroxylation sites is 1. The molecule has 0 heterocycles. The monoisotopic (exact) mass is 363 g/mol. The number of hydrogen-bond acceptors (Lipinski definition) is 5. The number of amides is 1. The zero-order valence-corrected chi connectivity index (χ0v) is 15.1. The number of hydrogen-bond donors (Lipinski definition) is 3. The minimum Gasteiger partial charge on any atom is -0.504 e. The quantitative estimate of drug-likeness (QED) is 0.462. The van der Waals surface area contributed by atoms with Gasteiger partial charge in [-0.25, -0.2) is 5.43 Å². The van der Waals surface area contributed by atoms with Gasteiger partial charge in [-0.3, -0.25) is 4.79 Å². The van der Waals surface area contributed by atoms with Crippen molar-refractivity contribution in [2.24, 2.45) is 5.10 Å². The molecule has 6 nitrogen and oxygen atoms in total. The van der Waals surface area contributed by atoms with Crippen molar-refractivity contribution in [1.29, 1.82) is 0 Å². The summed E-state index contributed by atoms with van der Waals surface area (Å²) in [5, 5.41) is 19.3. The van der Waals surface area contributed by atoms with Gasteiger partial charge in [0.25, 0.3) is 5.91 Å². The number of ether oxygens (including phenoxy) is 1. The first kappa shape index (κ1) is 18.3. The van der Waals surface area contributed by atoms with Gasteiger partial charge in [0.1, 0.15) is 6.04 Å². The summed E-state index contributed by atoms with van der Waals surface area (Å²) >= 11 is 0. The molecular formula is C21H21N3O3.